The van der Waals surface area contributed by atoms with E-state index in [-0.39, 0.29) is 18.2 Å². The highest BCUT2D eigenvalue weighted by Gasteiger charge is 2.29. The number of rotatable bonds is 4. The molecule has 0 bridgehead atoms. The fraction of sp³-hybridized carbons (Fsp3) is 0.333. The van der Waals surface area contributed by atoms with Crippen molar-refractivity contribution in [1.82, 2.24) is 15.2 Å². The first-order valence-corrected chi connectivity index (χ1v) is 7.82. The Kier molecular flexibility index (Phi) is 4.88. The lowest BCUT2D eigenvalue weighted by Gasteiger charge is -2.23. The molecule has 120 valence electrons. The average molecular weight is 311 g/mol. The van der Waals surface area contributed by atoms with E-state index in [1.165, 1.54) is 12.7 Å². The van der Waals surface area contributed by atoms with Crippen LogP contribution in [0.1, 0.15) is 23.7 Å². The fourth-order valence-corrected chi connectivity index (χ4v) is 2.97. The van der Waals surface area contributed by atoms with E-state index in [4.69, 9.17) is 4.74 Å². The smallest absolute Gasteiger partial charge is 0.409 e. The van der Waals surface area contributed by atoms with Crippen molar-refractivity contribution in [3.05, 3.63) is 66.0 Å². The molecule has 1 aliphatic rings. The van der Waals surface area contributed by atoms with Gasteiger partial charge in [-0.1, -0.05) is 36.4 Å². The molecule has 3 rings (SSSR count). The molecule has 1 amide bonds. The second kappa shape index (κ2) is 7.24. The van der Waals surface area contributed by atoms with E-state index in [1.807, 2.05) is 42.6 Å². The van der Waals surface area contributed by atoms with Crippen molar-refractivity contribution in [2.24, 2.45) is 0 Å². The molecule has 2 unspecified atom stereocenters. The Bertz CT molecular complexity index is 594. The third-order valence-electron chi connectivity index (χ3n) is 4.14. The molecule has 5 nitrogen and oxygen atoms in total. The van der Waals surface area contributed by atoms with Crippen molar-refractivity contribution >= 4 is 6.09 Å². The summed E-state index contributed by atoms with van der Waals surface area (Å²) in [6, 6.07) is 16.4. The van der Waals surface area contributed by atoms with Gasteiger partial charge in [0, 0.05) is 25.3 Å². The molecule has 23 heavy (non-hydrogen) atoms. The summed E-state index contributed by atoms with van der Waals surface area (Å²) in [6.07, 6.45) is 2.46. The van der Waals surface area contributed by atoms with Crippen LogP contribution in [0, 0.1) is 0 Å². The predicted octanol–water partition coefficient (Wildman–Crippen LogP) is 2.60. The number of ether oxygens (including phenoxy) is 1. The van der Waals surface area contributed by atoms with Crippen molar-refractivity contribution in [2.45, 2.75) is 18.5 Å². The van der Waals surface area contributed by atoms with Gasteiger partial charge in [0.15, 0.2) is 0 Å². The van der Waals surface area contributed by atoms with Gasteiger partial charge in [0.1, 0.15) is 0 Å². The first-order chi connectivity index (χ1) is 11.3. The van der Waals surface area contributed by atoms with E-state index >= 15 is 0 Å². The lowest BCUT2D eigenvalue weighted by Crippen LogP contribution is -2.37. The molecule has 2 aromatic rings. The Hall–Kier alpha value is -2.40. The number of benzene rings is 1. The highest BCUT2D eigenvalue weighted by atomic mass is 16.5. The average Bonchev–Trinajstić information content (AvgIpc) is 3.09. The summed E-state index contributed by atoms with van der Waals surface area (Å²) in [4.78, 5) is 17.9. The summed E-state index contributed by atoms with van der Waals surface area (Å²) >= 11 is 0. The lowest BCUT2D eigenvalue weighted by molar-refractivity contribution is 0.132. The molecule has 0 radical (unpaired) electrons. The fourth-order valence-electron chi connectivity index (χ4n) is 2.97. The van der Waals surface area contributed by atoms with Gasteiger partial charge in [0.2, 0.25) is 0 Å². The molecule has 1 saturated heterocycles. The van der Waals surface area contributed by atoms with Crippen molar-refractivity contribution in [1.29, 1.82) is 0 Å². The molecule has 5 heteroatoms. The molecule has 1 fully saturated rings. The maximum absolute atomic E-state index is 11.6. The maximum atomic E-state index is 11.6. The monoisotopic (exact) mass is 311 g/mol. The van der Waals surface area contributed by atoms with Crippen LogP contribution in [0.5, 0.6) is 0 Å². The molecule has 1 aliphatic heterocycles. The first kappa shape index (κ1) is 15.5. The number of hydrogen-bond donors (Lipinski definition) is 1. The Morgan fingerprint density at radius 1 is 1.26 bits per heavy atom. The predicted molar refractivity (Wildman–Crippen MR) is 88.0 cm³/mol. The molecule has 0 saturated carbocycles. The van der Waals surface area contributed by atoms with Crippen molar-refractivity contribution in [3.8, 4) is 0 Å². The summed E-state index contributed by atoms with van der Waals surface area (Å²) in [5.41, 5.74) is 2.15. The highest BCUT2D eigenvalue weighted by Crippen LogP contribution is 2.23. The van der Waals surface area contributed by atoms with Gasteiger partial charge in [0.05, 0.1) is 18.8 Å². The first-order valence-electron chi connectivity index (χ1n) is 7.82. The van der Waals surface area contributed by atoms with Gasteiger partial charge in [-0.3, -0.25) is 4.98 Å². The van der Waals surface area contributed by atoms with Crippen LogP contribution in [0.15, 0.2) is 54.7 Å². The maximum Gasteiger partial charge on any atom is 0.409 e. The molecular formula is C18H21N3O2. The second-order valence-corrected chi connectivity index (χ2v) is 5.67. The van der Waals surface area contributed by atoms with Gasteiger partial charge >= 0.3 is 6.09 Å². The number of nitrogens with one attached hydrogen (secondary N) is 1. The van der Waals surface area contributed by atoms with Crippen LogP contribution in [-0.2, 0) is 4.74 Å². The summed E-state index contributed by atoms with van der Waals surface area (Å²) < 4.78 is 4.80. The second-order valence-electron chi connectivity index (χ2n) is 5.67. The molecule has 1 aromatic carbocycles. The summed E-state index contributed by atoms with van der Waals surface area (Å²) in [7, 11) is 1.42. The quantitative estimate of drug-likeness (QED) is 0.943. The topological polar surface area (TPSA) is 54.5 Å². The van der Waals surface area contributed by atoms with E-state index in [0.29, 0.717) is 13.1 Å². The van der Waals surface area contributed by atoms with E-state index in [0.717, 1.165) is 12.1 Å². The van der Waals surface area contributed by atoms with E-state index in [1.54, 1.807) is 4.90 Å². The van der Waals surface area contributed by atoms with Crippen LogP contribution in [0.2, 0.25) is 0 Å². The van der Waals surface area contributed by atoms with Gasteiger partial charge in [-0.25, -0.2) is 4.79 Å². The zero-order valence-electron chi connectivity index (χ0n) is 13.2. The SMILES string of the molecule is COC(=O)N1CCC(NC(c2ccccc2)c2ccccn2)C1. The minimum absolute atomic E-state index is 0.0139. The third-order valence-corrected chi connectivity index (χ3v) is 4.14. The van der Waals surface area contributed by atoms with E-state index in [9.17, 15) is 4.79 Å². The number of hydrogen-bond acceptors (Lipinski definition) is 4. The number of likely N-dealkylation sites (tertiary alicyclic amines) is 1. The molecule has 1 aromatic heterocycles. The molecule has 2 atom stereocenters. The van der Waals surface area contributed by atoms with E-state index < -0.39 is 0 Å². The number of carbonyl (C=O) groups is 1. The minimum atomic E-state index is -0.261. The molecule has 0 aliphatic carbocycles. The number of pyridine rings is 1. The van der Waals surface area contributed by atoms with Gasteiger partial charge < -0.3 is 15.0 Å². The Morgan fingerprint density at radius 2 is 2.04 bits per heavy atom. The van der Waals surface area contributed by atoms with Crippen molar-refractivity contribution < 1.29 is 9.53 Å². The van der Waals surface area contributed by atoms with Crippen LogP contribution in [0.4, 0.5) is 4.79 Å². The normalized spacial score (nSPS) is 18.7. The van der Waals surface area contributed by atoms with Crippen LogP contribution in [-0.4, -0.2) is 42.2 Å². The Balaban J connectivity index is 1.77. The van der Waals surface area contributed by atoms with Crippen molar-refractivity contribution in [3.63, 3.8) is 0 Å². The number of methoxy groups -OCH3 is 1. The summed E-state index contributed by atoms with van der Waals surface area (Å²) in [5.74, 6) is 0. The molecule has 0 spiro atoms. The largest absolute Gasteiger partial charge is 0.453 e. The number of carbonyl (C=O) groups excluding carboxylic acids is 1. The number of nitrogens with zero attached hydrogens (tertiary/aromatic N) is 2. The van der Waals surface area contributed by atoms with Crippen LogP contribution < -0.4 is 5.32 Å². The standard InChI is InChI=1S/C18H21N3O2/c1-23-18(22)21-12-10-15(13-21)20-17(14-7-3-2-4-8-14)16-9-5-6-11-19-16/h2-9,11,15,17,20H,10,12-13H2,1H3. The van der Waals surface area contributed by atoms with Gasteiger partial charge in [-0.05, 0) is 24.1 Å². The van der Waals surface area contributed by atoms with Gasteiger partial charge in [-0.15, -0.1) is 0 Å². The van der Waals surface area contributed by atoms with Crippen molar-refractivity contribution in [2.75, 3.05) is 20.2 Å². The molecular weight excluding hydrogens is 290 g/mol. The van der Waals surface area contributed by atoms with E-state index in [2.05, 4.69) is 22.4 Å². The number of amides is 1. The summed E-state index contributed by atoms with van der Waals surface area (Å²) in [5, 5.41) is 3.65. The Morgan fingerprint density at radius 3 is 2.74 bits per heavy atom. The lowest BCUT2D eigenvalue weighted by atomic mass is 10.0. The Labute approximate surface area is 136 Å². The molecule has 1 N–H and O–H groups in total. The van der Waals surface area contributed by atoms with Crippen LogP contribution >= 0.6 is 0 Å². The minimum Gasteiger partial charge on any atom is -0.453 e. The zero-order valence-corrected chi connectivity index (χ0v) is 13.2. The number of aromatic nitrogens is 1. The zero-order chi connectivity index (χ0) is 16.1. The molecule has 2 heterocycles. The summed E-state index contributed by atoms with van der Waals surface area (Å²) in [6.45, 7) is 1.37. The van der Waals surface area contributed by atoms with Crippen LogP contribution in [0.3, 0.4) is 0 Å². The third kappa shape index (κ3) is 3.68. The van der Waals surface area contributed by atoms with Gasteiger partial charge in [0.25, 0.3) is 0 Å². The van der Waals surface area contributed by atoms with Crippen LogP contribution in [0.25, 0.3) is 0 Å². The van der Waals surface area contributed by atoms with Gasteiger partial charge in [-0.2, -0.15) is 0 Å². The highest BCUT2D eigenvalue weighted by molar-refractivity contribution is 5.67.